The van der Waals surface area contributed by atoms with E-state index in [1.807, 2.05) is 26.0 Å². The van der Waals surface area contributed by atoms with Crippen LogP contribution in [0.2, 0.25) is 0 Å². The molecule has 0 spiro atoms. The molecule has 9 heteroatoms. The van der Waals surface area contributed by atoms with Crippen molar-refractivity contribution in [3.8, 4) is 23.0 Å². The number of nitrogens with zero attached hydrogens (tertiary/aromatic N) is 3. The normalized spacial score (nSPS) is 11.5. The van der Waals surface area contributed by atoms with Gasteiger partial charge in [0.1, 0.15) is 5.75 Å². The summed E-state index contributed by atoms with van der Waals surface area (Å²) in [4.78, 5) is 7.59. The fourth-order valence-corrected chi connectivity index (χ4v) is 2.89. The molecule has 0 radical (unpaired) electrons. The Morgan fingerprint density at radius 2 is 1.83 bits per heavy atom. The van der Waals surface area contributed by atoms with Crippen LogP contribution in [0.4, 0.5) is 13.2 Å². The van der Waals surface area contributed by atoms with Crippen molar-refractivity contribution in [3.63, 3.8) is 0 Å². The third-order valence-electron chi connectivity index (χ3n) is 4.25. The summed E-state index contributed by atoms with van der Waals surface area (Å²) < 4.78 is 53.2. The molecule has 0 amide bonds. The second-order valence-electron chi connectivity index (χ2n) is 6.52. The van der Waals surface area contributed by atoms with Crippen molar-refractivity contribution in [1.82, 2.24) is 15.1 Å². The van der Waals surface area contributed by atoms with Gasteiger partial charge >= 0.3 is 12.1 Å². The molecule has 0 aliphatic heterocycles. The minimum absolute atomic E-state index is 0.109. The van der Waals surface area contributed by atoms with Crippen molar-refractivity contribution in [1.29, 1.82) is 0 Å². The zero-order chi connectivity index (χ0) is 21.0. The van der Waals surface area contributed by atoms with Gasteiger partial charge in [-0.3, -0.25) is 0 Å². The second-order valence-corrected chi connectivity index (χ2v) is 6.52. The predicted octanol–water partition coefficient (Wildman–Crippen LogP) is 4.79. The summed E-state index contributed by atoms with van der Waals surface area (Å²) in [5.41, 5.74) is 3.08. The average Bonchev–Trinajstić information content (AvgIpc) is 3.18. The predicted molar refractivity (Wildman–Crippen MR) is 98.8 cm³/mol. The molecule has 0 aliphatic rings. The molecule has 3 aromatic rings. The summed E-state index contributed by atoms with van der Waals surface area (Å²) in [5.74, 6) is -0.209. The number of benzene rings is 1. The van der Waals surface area contributed by atoms with E-state index in [1.54, 1.807) is 25.4 Å². The fraction of sp³-hybridized carbons (Fsp3) is 0.350. The summed E-state index contributed by atoms with van der Waals surface area (Å²) in [6, 6.07) is 7.13. The van der Waals surface area contributed by atoms with Crippen LogP contribution in [-0.4, -0.2) is 28.8 Å². The molecule has 0 saturated carbocycles. The van der Waals surface area contributed by atoms with Gasteiger partial charge in [0.2, 0.25) is 11.7 Å². The highest BCUT2D eigenvalue weighted by molar-refractivity contribution is 5.61. The van der Waals surface area contributed by atoms with Gasteiger partial charge in [0, 0.05) is 17.8 Å². The number of aryl methyl sites for hydroxylation is 3. The summed E-state index contributed by atoms with van der Waals surface area (Å²) >= 11 is 0. The van der Waals surface area contributed by atoms with E-state index < -0.39 is 12.1 Å². The van der Waals surface area contributed by atoms with Gasteiger partial charge < -0.3 is 14.0 Å². The molecule has 2 aromatic heterocycles. The number of methoxy groups -OCH3 is 1. The van der Waals surface area contributed by atoms with Gasteiger partial charge in [-0.1, -0.05) is 11.2 Å². The molecule has 1 aromatic carbocycles. The Morgan fingerprint density at radius 3 is 2.38 bits per heavy atom. The molecule has 154 valence electrons. The fourth-order valence-electron chi connectivity index (χ4n) is 2.89. The zero-order valence-corrected chi connectivity index (χ0v) is 16.2. The van der Waals surface area contributed by atoms with E-state index in [2.05, 4.69) is 19.6 Å². The quantitative estimate of drug-likeness (QED) is 0.525. The standard InChI is InChI=1S/C20H20F3N3O3/c1-12-9-15(18-25-19(29-26-18)20(21,22)23)10-13(2)17(12)28-8-4-5-14-6-7-16(27-3)24-11-14/h6-7,9-11H,4-5,8H2,1-3H3. The van der Waals surface area contributed by atoms with Crippen LogP contribution in [-0.2, 0) is 12.6 Å². The molecule has 0 saturated heterocycles. The molecule has 0 atom stereocenters. The van der Waals surface area contributed by atoms with E-state index in [0.29, 0.717) is 23.8 Å². The van der Waals surface area contributed by atoms with Gasteiger partial charge in [0.15, 0.2) is 0 Å². The van der Waals surface area contributed by atoms with E-state index in [4.69, 9.17) is 9.47 Å². The van der Waals surface area contributed by atoms with Gasteiger partial charge in [-0.2, -0.15) is 18.2 Å². The number of hydrogen-bond acceptors (Lipinski definition) is 6. The maximum Gasteiger partial charge on any atom is 0.471 e. The van der Waals surface area contributed by atoms with Crippen molar-refractivity contribution >= 4 is 0 Å². The number of hydrogen-bond donors (Lipinski definition) is 0. The molecule has 0 bridgehead atoms. The second kappa shape index (κ2) is 8.50. The highest BCUT2D eigenvalue weighted by Crippen LogP contribution is 2.32. The van der Waals surface area contributed by atoms with E-state index in [0.717, 1.165) is 29.5 Å². The highest BCUT2D eigenvalue weighted by Gasteiger charge is 2.38. The molecule has 6 nitrogen and oxygen atoms in total. The summed E-state index contributed by atoms with van der Waals surface area (Å²) in [6.07, 6.45) is -1.31. The SMILES string of the molecule is COc1ccc(CCCOc2c(C)cc(-c3noc(C(F)(F)F)n3)cc2C)cn1. The van der Waals surface area contributed by atoms with Crippen molar-refractivity contribution < 1.29 is 27.2 Å². The van der Waals surface area contributed by atoms with Crippen LogP contribution in [0.1, 0.15) is 29.0 Å². The number of pyridine rings is 1. The highest BCUT2D eigenvalue weighted by atomic mass is 19.4. The average molecular weight is 407 g/mol. The van der Waals surface area contributed by atoms with Gasteiger partial charge in [0.05, 0.1) is 13.7 Å². The first kappa shape index (κ1) is 20.6. The van der Waals surface area contributed by atoms with Gasteiger partial charge in [-0.05, 0) is 55.5 Å². The maximum atomic E-state index is 12.6. The van der Waals surface area contributed by atoms with E-state index >= 15 is 0 Å². The maximum absolute atomic E-state index is 12.6. The van der Waals surface area contributed by atoms with E-state index in [-0.39, 0.29) is 5.82 Å². The third-order valence-corrected chi connectivity index (χ3v) is 4.25. The molecule has 2 heterocycles. The van der Waals surface area contributed by atoms with Crippen LogP contribution >= 0.6 is 0 Å². The van der Waals surface area contributed by atoms with Crippen LogP contribution in [0.5, 0.6) is 11.6 Å². The Kier molecular flexibility index (Phi) is 6.05. The minimum Gasteiger partial charge on any atom is -0.493 e. The summed E-state index contributed by atoms with van der Waals surface area (Å²) in [7, 11) is 1.57. The first-order valence-corrected chi connectivity index (χ1v) is 8.92. The Bertz CT molecular complexity index is 946. The monoisotopic (exact) mass is 407 g/mol. The Balaban J connectivity index is 1.62. The third kappa shape index (κ3) is 5.04. The molecule has 0 fully saturated rings. The first-order chi connectivity index (χ1) is 13.8. The lowest BCUT2D eigenvalue weighted by Gasteiger charge is -2.13. The van der Waals surface area contributed by atoms with Crippen LogP contribution in [0.15, 0.2) is 35.0 Å². The number of halogens is 3. The van der Waals surface area contributed by atoms with Crippen LogP contribution in [0, 0.1) is 13.8 Å². The summed E-state index contributed by atoms with van der Waals surface area (Å²) in [6.45, 7) is 4.14. The molecular weight excluding hydrogens is 387 g/mol. The molecule has 3 rings (SSSR count). The number of ether oxygens (including phenoxy) is 2. The van der Waals surface area contributed by atoms with Crippen LogP contribution < -0.4 is 9.47 Å². The van der Waals surface area contributed by atoms with E-state index in [9.17, 15) is 13.2 Å². The summed E-state index contributed by atoms with van der Waals surface area (Å²) in [5, 5.41) is 3.42. The Labute approximate surface area is 165 Å². The van der Waals surface area contributed by atoms with Gasteiger partial charge in [-0.25, -0.2) is 4.98 Å². The smallest absolute Gasteiger partial charge is 0.471 e. The zero-order valence-electron chi connectivity index (χ0n) is 16.2. The van der Waals surface area contributed by atoms with Crippen molar-refractivity contribution in [2.45, 2.75) is 32.9 Å². The molecule has 0 unspecified atom stereocenters. The lowest BCUT2D eigenvalue weighted by Crippen LogP contribution is -2.05. The lowest BCUT2D eigenvalue weighted by molar-refractivity contribution is -0.159. The number of rotatable bonds is 7. The molecular formula is C20H20F3N3O3. The van der Waals surface area contributed by atoms with Crippen LogP contribution in [0.3, 0.4) is 0 Å². The molecule has 0 aliphatic carbocycles. The van der Waals surface area contributed by atoms with Crippen LogP contribution in [0.25, 0.3) is 11.4 Å². The molecule has 0 N–H and O–H groups in total. The van der Waals surface area contributed by atoms with Gasteiger partial charge in [-0.15, -0.1) is 0 Å². The van der Waals surface area contributed by atoms with E-state index in [1.165, 1.54) is 0 Å². The van der Waals surface area contributed by atoms with Crippen molar-refractivity contribution in [3.05, 3.63) is 53.0 Å². The lowest BCUT2D eigenvalue weighted by atomic mass is 10.1. The Hall–Kier alpha value is -3.10. The topological polar surface area (TPSA) is 70.3 Å². The Morgan fingerprint density at radius 1 is 1.10 bits per heavy atom. The minimum atomic E-state index is -4.67. The van der Waals surface area contributed by atoms with Gasteiger partial charge in [0.25, 0.3) is 0 Å². The van der Waals surface area contributed by atoms with Crippen molar-refractivity contribution in [2.24, 2.45) is 0 Å². The van der Waals surface area contributed by atoms with Crippen molar-refractivity contribution in [2.75, 3.05) is 13.7 Å². The molecule has 29 heavy (non-hydrogen) atoms. The number of aromatic nitrogens is 3. The largest absolute Gasteiger partial charge is 0.493 e. The first-order valence-electron chi connectivity index (χ1n) is 8.92. The number of alkyl halides is 3.